The van der Waals surface area contributed by atoms with Crippen molar-refractivity contribution in [3.8, 4) is 5.75 Å². The Labute approximate surface area is 115 Å². The van der Waals surface area contributed by atoms with Gasteiger partial charge >= 0.3 is 0 Å². The van der Waals surface area contributed by atoms with Gasteiger partial charge in [0.05, 0.1) is 18.8 Å². The van der Waals surface area contributed by atoms with E-state index in [2.05, 4.69) is 0 Å². The van der Waals surface area contributed by atoms with Gasteiger partial charge < -0.3 is 19.5 Å². The number of ether oxygens (including phenoxy) is 2. The van der Waals surface area contributed by atoms with Crippen LogP contribution in [0.2, 0.25) is 0 Å². The van der Waals surface area contributed by atoms with E-state index in [1.165, 1.54) is 0 Å². The predicted octanol–water partition coefficient (Wildman–Crippen LogP) is 1.78. The lowest BCUT2D eigenvalue weighted by Gasteiger charge is -2.21. The van der Waals surface area contributed by atoms with Gasteiger partial charge in [0.2, 0.25) is 0 Å². The lowest BCUT2D eigenvalue weighted by Crippen LogP contribution is -2.35. The van der Waals surface area contributed by atoms with Crippen LogP contribution in [0, 0.1) is 0 Å². The average molecular weight is 267 g/mol. The van der Waals surface area contributed by atoms with Crippen molar-refractivity contribution < 1.29 is 14.6 Å². The summed E-state index contributed by atoms with van der Waals surface area (Å²) in [7, 11) is 1.97. The second-order valence-corrected chi connectivity index (χ2v) is 4.96. The number of rotatable bonds is 9. The minimum absolute atomic E-state index is 0.154. The van der Waals surface area contributed by atoms with Gasteiger partial charge in [-0.1, -0.05) is 18.2 Å². The molecule has 0 aliphatic heterocycles. The molecule has 0 saturated carbocycles. The first-order valence-electron chi connectivity index (χ1n) is 6.74. The van der Waals surface area contributed by atoms with E-state index in [0.29, 0.717) is 19.8 Å². The second-order valence-electron chi connectivity index (χ2n) is 4.96. The zero-order chi connectivity index (χ0) is 14.1. The van der Waals surface area contributed by atoms with E-state index in [-0.39, 0.29) is 6.10 Å². The summed E-state index contributed by atoms with van der Waals surface area (Å²) in [5.41, 5.74) is 0. The van der Waals surface area contributed by atoms with Gasteiger partial charge in [-0.3, -0.25) is 0 Å². The van der Waals surface area contributed by atoms with Gasteiger partial charge in [-0.15, -0.1) is 0 Å². The zero-order valence-corrected chi connectivity index (χ0v) is 12.1. The summed E-state index contributed by atoms with van der Waals surface area (Å²) in [5, 5.41) is 9.78. The molecule has 1 aromatic rings. The Morgan fingerprint density at radius 3 is 2.53 bits per heavy atom. The van der Waals surface area contributed by atoms with Crippen molar-refractivity contribution in [2.75, 3.05) is 33.4 Å². The Morgan fingerprint density at radius 1 is 1.21 bits per heavy atom. The van der Waals surface area contributed by atoms with E-state index in [1.807, 2.05) is 56.1 Å². The van der Waals surface area contributed by atoms with Crippen LogP contribution in [-0.4, -0.2) is 55.6 Å². The van der Waals surface area contributed by atoms with Crippen LogP contribution >= 0.6 is 0 Å². The fourth-order valence-corrected chi connectivity index (χ4v) is 1.64. The van der Waals surface area contributed by atoms with Gasteiger partial charge in [-0.25, -0.2) is 0 Å². The largest absolute Gasteiger partial charge is 0.492 e. The third-order valence-corrected chi connectivity index (χ3v) is 2.63. The van der Waals surface area contributed by atoms with Crippen LogP contribution in [0.4, 0.5) is 0 Å². The standard InChI is InChI=1S/C15H25NO3/c1-13(2)19-12-14(17)11-16(3)9-10-18-15-7-5-4-6-8-15/h4-8,13-14,17H,9-12H2,1-3H3. The van der Waals surface area contributed by atoms with Crippen LogP contribution in [0.15, 0.2) is 30.3 Å². The molecule has 0 fully saturated rings. The topological polar surface area (TPSA) is 41.9 Å². The van der Waals surface area contributed by atoms with Crippen molar-refractivity contribution in [2.24, 2.45) is 0 Å². The maximum absolute atomic E-state index is 9.78. The SMILES string of the molecule is CC(C)OCC(O)CN(C)CCOc1ccccc1. The molecule has 0 radical (unpaired) electrons. The molecule has 1 N–H and O–H groups in total. The molecule has 0 heterocycles. The highest BCUT2D eigenvalue weighted by molar-refractivity contribution is 5.20. The Balaban J connectivity index is 2.12. The summed E-state index contributed by atoms with van der Waals surface area (Å²) in [6.45, 7) is 6.27. The van der Waals surface area contributed by atoms with Gasteiger partial charge in [0, 0.05) is 13.1 Å². The molecule has 0 aromatic heterocycles. The first kappa shape index (κ1) is 16.0. The van der Waals surface area contributed by atoms with E-state index in [0.717, 1.165) is 12.3 Å². The number of aliphatic hydroxyl groups is 1. The van der Waals surface area contributed by atoms with Crippen LogP contribution in [0.5, 0.6) is 5.75 Å². The number of hydrogen-bond acceptors (Lipinski definition) is 4. The van der Waals surface area contributed by atoms with Crippen molar-refractivity contribution in [3.63, 3.8) is 0 Å². The Kier molecular flexibility index (Phi) is 7.48. The third kappa shape index (κ3) is 7.82. The molecule has 108 valence electrons. The number of likely N-dealkylation sites (N-methyl/N-ethyl adjacent to an activating group) is 1. The Hall–Kier alpha value is -1.10. The monoisotopic (exact) mass is 267 g/mol. The molecule has 0 bridgehead atoms. The molecule has 0 aliphatic rings. The number of benzene rings is 1. The molecule has 0 aliphatic carbocycles. The van der Waals surface area contributed by atoms with Crippen molar-refractivity contribution >= 4 is 0 Å². The maximum atomic E-state index is 9.78. The second kappa shape index (κ2) is 8.91. The van der Waals surface area contributed by atoms with E-state index in [4.69, 9.17) is 9.47 Å². The van der Waals surface area contributed by atoms with Gasteiger partial charge in [0.15, 0.2) is 0 Å². The van der Waals surface area contributed by atoms with Gasteiger partial charge in [0.1, 0.15) is 12.4 Å². The fraction of sp³-hybridized carbons (Fsp3) is 0.600. The number of hydrogen-bond donors (Lipinski definition) is 1. The maximum Gasteiger partial charge on any atom is 0.119 e. The van der Waals surface area contributed by atoms with Crippen molar-refractivity contribution in [3.05, 3.63) is 30.3 Å². The molecule has 4 nitrogen and oxygen atoms in total. The zero-order valence-electron chi connectivity index (χ0n) is 12.1. The average Bonchev–Trinajstić information content (AvgIpc) is 2.37. The number of para-hydroxylation sites is 1. The van der Waals surface area contributed by atoms with Gasteiger partial charge in [-0.2, -0.15) is 0 Å². The third-order valence-electron chi connectivity index (χ3n) is 2.63. The lowest BCUT2D eigenvalue weighted by molar-refractivity contribution is -0.00649. The summed E-state index contributed by atoms with van der Waals surface area (Å²) in [4.78, 5) is 2.04. The molecule has 1 aromatic carbocycles. The highest BCUT2D eigenvalue weighted by atomic mass is 16.5. The molecule has 4 heteroatoms. The molecule has 0 spiro atoms. The van der Waals surface area contributed by atoms with E-state index in [1.54, 1.807) is 0 Å². The van der Waals surface area contributed by atoms with Gasteiger partial charge in [0.25, 0.3) is 0 Å². The summed E-state index contributed by atoms with van der Waals surface area (Å²) >= 11 is 0. The Morgan fingerprint density at radius 2 is 1.89 bits per heavy atom. The van der Waals surface area contributed by atoms with Crippen LogP contribution in [0.25, 0.3) is 0 Å². The van der Waals surface area contributed by atoms with Crippen LogP contribution < -0.4 is 4.74 Å². The molecular weight excluding hydrogens is 242 g/mol. The molecule has 1 unspecified atom stereocenters. The van der Waals surface area contributed by atoms with Crippen molar-refractivity contribution in [2.45, 2.75) is 26.1 Å². The van der Waals surface area contributed by atoms with Crippen LogP contribution in [-0.2, 0) is 4.74 Å². The number of aliphatic hydroxyl groups excluding tert-OH is 1. The van der Waals surface area contributed by atoms with Gasteiger partial charge in [-0.05, 0) is 33.0 Å². The summed E-state index contributed by atoms with van der Waals surface area (Å²) in [6.07, 6.45) is -0.300. The minimum Gasteiger partial charge on any atom is -0.492 e. The highest BCUT2D eigenvalue weighted by Gasteiger charge is 2.09. The molecule has 0 saturated heterocycles. The summed E-state index contributed by atoms with van der Waals surface area (Å²) < 4.78 is 11.0. The Bertz CT molecular complexity index is 329. The van der Waals surface area contributed by atoms with E-state index < -0.39 is 6.10 Å². The van der Waals surface area contributed by atoms with Crippen LogP contribution in [0.3, 0.4) is 0 Å². The molecule has 1 rings (SSSR count). The first-order chi connectivity index (χ1) is 9.08. The van der Waals surface area contributed by atoms with Crippen molar-refractivity contribution in [1.29, 1.82) is 0 Å². The fourth-order valence-electron chi connectivity index (χ4n) is 1.64. The molecule has 19 heavy (non-hydrogen) atoms. The normalized spacial score (nSPS) is 12.9. The van der Waals surface area contributed by atoms with E-state index >= 15 is 0 Å². The predicted molar refractivity (Wildman–Crippen MR) is 76.5 cm³/mol. The molecule has 1 atom stereocenters. The van der Waals surface area contributed by atoms with Crippen molar-refractivity contribution in [1.82, 2.24) is 4.90 Å². The quantitative estimate of drug-likeness (QED) is 0.740. The number of nitrogens with zero attached hydrogens (tertiary/aromatic N) is 1. The highest BCUT2D eigenvalue weighted by Crippen LogP contribution is 2.07. The summed E-state index contributed by atoms with van der Waals surface area (Å²) in [5.74, 6) is 0.875. The smallest absolute Gasteiger partial charge is 0.119 e. The summed E-state index contributed by atoms with van der Waals surface area (Å²) in [6, 6.07) is 9.73. The molecular formula is C15H25NO3. The van der Waals surface area contributed by atoms with Crippen LogP contribution in [0.1, 0.15) is 13.8 Å². The molecule has 0 amide bonds. The lowest BCUT2D eigenvalue weighted by atomic mass is 10.3. The van der Waals surface area contributed by atoms with E-state index in [9.17, 15) is 5.11 Å². The first-order valence-corrected chi connectivity index (χ1v) is 6.74. The minimum atomic E-state index is -0.455.